The molecule has 8 nitrogen and oxygen atoms in total. The monoisotopic (exact) mass is 459 g/mol. The first-order valence-corrected chi connectivity index (χ1v) is 12.2. The van der Waals surface area contributed by atoms with E-state index in [0.717, 1.165) is 48.1 Å². The van der Waals surface area contributed by atoms with Crippen molar-refractivity contribution in [3.05, 3.63) is 54.3 Å². The van der Waals surface area contributed by atoms with E-state index in [0.29, 0.717) is 11.7 Å². The molecule has 0 bridgehead atoms. The van der Waals surface area contributed by atoms with E-state index in [4.69, 9.17) is 4.52 Å². The van der Waals surface area contributed by atoms with E-state index >= 15 is 0 Å². The highest BCUT2D eigenvalue weighted by Gasteiger charge is 2.23. The smallest absolute Gasteiger partial charge is 0.232 e. The highest BCUT2D eigenvalue weighted by molar-refractivity contribution is 5.77. The summed E-state index contributed by atoms with van der Waals surface area (Å²) < 4.78 is 7.39. The Kier molecular flexibility index (Phi) is 6.08. The van der Waals surface area contributed by atoms with Crippen LogP contribution in [0.5, 0.6) is 0 Å². The minimum atomic E-state index is -0.190. The quantitative estimate of drug-likeness (QED) is 0.411. The molecule has 0 spiro atoms. The van der Waals surface area contributed by atoms with Gasteiger partial charge in [0.15, 0.2) is 5.82 Å². The van der Waals surface area contributed by atoms with Crippen LogP contribution in [0.4, 0.5) is 11.5 Å². The van der Waals surface area contributed by atoms with Crippen molar-refractivity contribution in [2.24, 2.45) is 5.92 Å². The number of anilines is 2. The van der Waals surface area contributed by atoms with Crippen molar-refractivity contribution in [3.8, 4) is 11.4 Å². The Hall–Kier alpha value is -3.26. The summed E-state index contributed by atoms with van der Waals surface area (Å²) in [6.45, 7) is 11.7. The molecule has 1 aliphatic rings. The molecule has 1 N–H and O–H groups in total. The van der Waals surface area contributed by atoms with Crippen LogP contribution in [0.2, 0.25) is 0 Å². The third kappa shape index (κ3) is 4.68. The second-order valence-electron chi connectivity index (χ2n) is 10.2. The Morgan fingerprint density at radius 1 is 1.15 bits per heavy atom. The van der Waals surface area contributed by atoms with Crippen LogP contribution >= 0.6 is 0 Å². The number of piperidine rings is 1. The lowest BCUT2D eigenvalue weighted by Crippen LogP contribution is -2.33. The molecule has 5 rings (SSSR count). The maximum Gasteiger partial charge on any atom is 0.232 e. The topological polar surface area (TPSA) is 84.4 Å². The molecule has 0 unspecified atom stereocenters. The van der Waals surface area contributed by atoms with Crippen LogP contribution in [0, 0.1) is 5.92 Å². The number of rotatable bonds is 6. The molecule has 4 heterocycles. The van der Waals surface area contributed by atoms with E-state index in [9.17, 15) is 0 Å². The molecule has 1 saturated heterocycles. The van der Waals surface area contributed by atoms with E-state index in [1.807, 2.05) is 35.0 Å². The fourth-order valence-electron chi connectivity index (χ4n) is 4.55. The van der Waals surface area contributed by atoms with Gasteiger partial charge in [0.25, 0.3) is 0 Å². The molecule has 1 fully saturated rings. The summed E-state index contributed by atoms with van der Waals surface area (Å²) >= 11 is 0. The zero-order chi connectivity index (χ0) is 23.7. The van der Waals surface area contributed by atoms with Crippen molar-refractivity contribution >= 4 is 17.0 Å². The van der Waals surface area contributed by atoms with E-state index in [-0.39, 0.29) is 5.41 Å². The van der Waals surface area contributed by atoms with Crippen LogP contribution in [0.3, 0.4) is 0 Å². The summed E-state index contributed by atoms with van der Waals surface area (Å²) in [7, 11) is 0. The Morgan fingerprint density at radius 2 is 1.97 bits per heavy atom. The van der Waals surface area contributed by atoms with E-state index in [2.05, 4.69) is 64.2 Å². The molecular weight excluding hydrogens is 426 g/mol. The Balaban J connectivity index is 1.39. The zero-order valence-electron chi connectivity index (χ0n) is 20.5. The number of aromatic nitrogens is 5. The largest absolute Gasteiger partial charge is 0.338 e. The highest BCUT2D eigenvalue weighted by atomic mass is 16.5. The van der Waals surface area contributed by atoms with Gasteiger partial charge < -0.3 is 9.84 Å². The molecule has 3 aromatic heterocycles. The number of hydrogen-bond acceptors (Lipinski definition) is 7. The fraction of sp³-hybridized carbons (Fsp3) is 0.462. The Morgan fingerprint density at radius 3 is 2.71 bits per heavy atom. The first kappa shape index (κ1) is 22.5. The molecule has 34 heavy (non-hydrogen) atoms. The van der Waals surface area contributed by atoms with Crippen molar-refractivity contribution in [2.75, 3.05) is 18.4 Å². The first-order chi connectivity index (χ1) is 16.4. The van der Waals surface area contributed by atoms with E-state index in [1.165, 1.54) is 24.8 Å². The SMILES string of the molecule is CCC1CCN(Cc2ccn3ncnc(Nc4cccc(-c5noc(C(C)(C)C)n5)c4)c23)CC1. The van der Waals surface area contributed by atoms with Gasteiger partial charge in [-0.05, 0) is 55.6 Å². The van der Waals surface area contributed by atoms with Crippen molar-refractivity contribution < 1.29 is 4.52 Å². The first-order valence-electron chi connectivity index (χ1n) is 12.2. The average Bonchev–Trinajstić information content (AvgIpc) is 3.48. The third-order valence-electron chi connectivity index (χ3n) is 6.67. The standard InChI is InChI=1S/C26H33N7O/c1-5-18-9-12-32(13-10-18)16-20-11-14-33-22(20)24(27-17-28-33)29-21-8-6-7-19(15-21)23-30-25(34-31-23)26(2,3)4/h6-8,11,14-15,17-18H,5,9-10,12-13,16H2,1-4H3,(H,27,28,29). The number of fused-ring (bicyclic) bond motifs is 1. The lowest BCUT2D eigenvalue weighted by molar-refractivity contribution is 0.175. The van der Waals surface area contributed by atoms with E-state index in [1.54, 1.807) is 6.33 Å². The van der Waals surface area contributed by atoms with Crippen molar-refractivity contribution in [2.45, 2.75) is 58.9 Å². The summed E-state index contributed by atoms with van der Waals surface area (Å²) in [5.41, 5.74) is 3.87. The highest BCUT2D eigenvalue weighted by Crippen LogP contribution is 2.29. The molecule has 0 saturated carbocycles. The minimum absolute atomic E-state index is 0.190. The molecule has 0 aliphatic carbocycles. The number of benzene rings is 1. The number of nitrogens with one attached hydrogen (secondary N) is 1. The summed E-state index contributed by atoms with van der Waals surface area (Å²) in [6, 6.07) is 10.2. The maximum atomic E-state index is 5.48. The molecule has 0 radical (unpaired) electrons. The summed E-state index contributed by atoms with van der Waals surface area (Å²) in [6.07, 6.45) is 7.45. The second kappa shape index (κ2) is 9.18. The van der Waals surface area contributed by atoms with Gasteiger partial charge in [0.05, 0.1) is 0 Å². The van der Waals surface area contributed by atoms with Gasteiger partial charge >= 0.3 is 0 Å². The van der Waals surface area contributed by atoms with Crippen LogP contribution in [-0.2, 0) is 12.0 Å². The Bertz CT molecular complexity index is 1260. The van der Waals surface area contributed by atoms with Gasteiger partial charge in [-0.25, -0.2) is 9.50 Å². The summed E-state index contributed by atoms with van der Waals surface area (Å²) in [5.74, 6) is 2.87. The van der Waals surface area contributed by atoms with Crippen molar-refractivity contribution in [3.63, 3.8) is 0 Å². The summed E-state index contributed by atoms with van der Waals surface area (Å²) in [5, 5.41) is 12.1. The van der Waals surface area contributed by atoms with E-state index < -0.39 is 0 Å². The maximum absolute atomic E-state index is 5.48. The Labute approximate surface area is 200 Å². The number of hydrogen-bond donors (Lipinski definition) is 1. The lowest BCUT2D eigenvalue weighted by atomic mass is 9.94. The van der Waals surface area contributed by atoms with Gasteiger partial charge in [0, 0.05) is 29.4 Å². The molecule has 1 aliphatic heterocycles. The second-order valence-corrected chi connectivity index (χ2v) is 10.2. The molecule has 0 amide bonds. The van der Waals surface area contributed by atoms with Crippen LogP contribution in [0.15, 0.2) is 47.4 Å². The van der Waals surface area contributed by atoms with Gasteiger partial charge in [0.2, 0.25) is 11.7 Å². The molecule has 8 heteroatoms. The third-order valence-corrected chi connectivity index (χ3v) is 6.67. The van der Waals surface area contributed by atoms with Gasteiger partial charge in [-0.3, -0.25) is 4.90 Å². The van der Waals surface area contributed by atoms with Crippen LogP contribution in [0.1, 0.15) is 58.4 Å². The van der Waals surface area contributed by atoms with Crippen molar-refractivity contribution in [1.29, 1.82) is 0 Å². The molecule has 0 atom stereocenters. The normalized spacial score (nSPS) is 15.8. The van der Waals surface area contributed by atoms with Crippen LogP contribution < -0.4 is 5.32 Å². The number of likely N-dealkylation sites (tertiary alicyclic amines) is 1. The minimum Gasteiger partial charge on any atom is -0.338 e. The molecule has 1 aromatic carbocycles. The van der Waals surface area contributed by atoms with Gasteiger partial charge in [0.1, 0.15) is 11.8 Å². The van der Waals surface area contributed by atoms with Gasteiger partial charge in [-0.2, -0.15) is 10.1 Å². The molecule has 178 valence electrons. The number of nitrogens with zero attached hydrogens (tertiary/aromatic N) is 6. The average molecular weight is 460 g/mol. The predicted octanol–water partition coefficient (Wildman–Crippen LogP) is 5.44. The van der Waals surface area contributed by atoms with Crippen LogP contribution in [-0.4, -0.2) is 42.7 Å². The lowest BCUT2D eigenvalue weighted by Gasteiger charge is -2.31. The zero-order valence-corrected chi connectivity index (χ0v) is 20.5. The molecular formula is C26H33N7O. The van der Waals surface area contributed by atoms with Crippen molar-refractivity contribution in [1.82, 2.24) is 29.6 Å². The fourth-order valence-corrected chi connectivity index (χ4v) is 4.55. The predicted molar refractivity (Wildman–Crippen MR) is 133 cm³/mol. The van der Waals surface area contributed by atoms with Gasteiger partial charge in [-0.1, -0.05) is 51.4 Å². The molecule has 4 aromatic rings. The van der Waals surface area contributed by atoms with Crippen LogP contribution in [0.25, 0.3) is 16.9 Å². The summed E-state index contributed by atoms with van der Waals surface area (Å²) in [4.78, 5) is 11.7. The van der Waals surface area contributed by atoms with Gasteiger partial charge in [-0.15, -0.1) is 0 Å².